The van der Waals surface area contributed by atoms with Crippen LogP contribution < -0.4 is 0 Å². The molecule has 1 unspecified atom stereocenters. The number of carbonyl (C=O) groups is 1. The van der Waals surface area contributed by atoms with E-state index in [9.17, 15) is 4.79 Å². The Morgan fingerprint density at radius 3 is 2.92 bits per heavy atom. The zero-order valence-corrected chi connectivity index (χ0v) is 13.9. The Morgan fingerprint density at radius 2 is 2.12 bits per heavy atom. The van der Waals surface area contributed by atoms with E-state index < -0.39 is 0 Å². The number of carbonyl (C=O) groups excluding carboxylic acids is 1. The first kappa shape index (κ1) is 14.9. The highest BCUT2D eigenvalue weighted by Gasteiger charge is 2.31. The minimum absolute atomic E-state index is 0.109. The molecule has 0 radical (unpaired) electrons. The summed E-state index contributed by atoms with van der Waals surface area (Å²) in [5, 5.41) is 0. The van der Waals surface area contributed by atoms with E-state index in [1.807, 2.05) is 55.3 Å². The molecule has 5 heteroatoms. The molecule has 1 saturated heterocycles. The third-order valence-electron chi connectivity index (χ3n) is 4.77. The molecule has 1 aromatic carbocycles. The molecule has 1 fully saturated rings. The highest BCUT2D eigenvalue weighted by atomic mass is 16.2. The third-order valence-corrected chi connectivity index (χ3v) is 4.77. The maximum atomic E-state index is 12.7. The van der Waals surface area contributed by atoms with Gasteiger partial charge in [-0.25, -0.2) is 9.97 Å². The van der Waals surface area contributed by atoms with Crippen LogP contribution in [-0.4, -0.2) is 38.4 Å². The van der Waals surface area contributed by atoms with E-state index in [0.29, 0.717) is 6.54 Å². The number of aromatic nitrogens is 3. The zero-order valence-electron chi connectivity index (χ0n) is 13.9. The number of fused-ring (bicyclic) bond motifs is 1. The third kappa shape index (κ3) is 2.46. The van der Waals surface area contributed by atoms with Crippen molar-refractivity contribution in [2.45, 2.75) is 19.3 Å². The summed E-state index contributed by atoms with van der Waals surface area (Å²) in [6.45, 7) is 3.49. The van der Waals surface area contributed by atoms with E-state index in [4.69, 9.17) is 4.98 Å². The van der Waals surface area contributed by atoms with Crippen molar-refractivity contribution in [1.82, 2.24) is 19.4 Å². The van der Waals surface area contributed by atoms with E-state index in [1.54, 1.807) is 6.20 Å². The second-order valence-electron chi connectivity index (χ2n) is 6.48. The number of imidazole rings is 1. The van der Waals surface area contributed by atoms with E-state index in [-0.39, 0.29) is 11.8 Å². The van der Waals surface area contributed by atoms with Crippen LogP contribution in [0, 0.1) is 6.92 Å². The first-order valence-electron chi connectivity index (χ1n) is 8.27. The summed E-state index contributed by atoms with van der Waals surface area (Å²) in [4.78, 5) is 23.8. The van der Waals surface area contributed by atoms with Gasteiger partial charge in [0.05, 0.1) is 0 Å². The Morgan fingerprint density at radius 1 is 1.25 bits per heavy atom. The molecule has 0 N–H and O–H groups in total. The minimum Gasteiger partial charge on any atom is -0.338 e. The molecule has 0 saturated carbocycles. The van der Waals surface area contributed by atoms with Crippen molar-refractivity contribution in [3.8, 4) is 0 Å². The lowest BCUT2D eigenvalue weighted by Gasteiger charge is -2.17. The molecule has 5 nitrogen and oxygen atoms in total. The Labute approximate surface area is 140 Å². The smallest absolute Gasteiger partial charge is 0.253 e. The fourth-order valence-corrected chi connectivity index (χ4v) is 3.52. The predicted molar refractivity (Wildman–Crippen MR) is 92.9 cm³/mol. The van der Waals surface area contributed by atoms with Gasteiger partial charge in [-0.3, -0.25) is 4.79 Å². The van der Waals surface area contributed by atoms with Gasteiger partial charge >= 0.3 is 0 Å². The maximum Gasteiger partial charge on any atom is 0.253 e. The van der Waals surface area contributed by atoms with Crippen molar-refractivity contribution in [1.29, 1.82) is 0 Å². The Bertz CT molecular complexity index is 915. The van der Waals surface area contributed by atoms with Gasteiger partial charge in [0.1, 0.15) is 11.3 Å². The van der Waals surface area contributed by atoms with Crippen LogP contribution in [0.2, 0.25) is 0 Å². The van der Waals surface area contributed by atoms with Gasteiger partial charge in [0.25, 0.3) is 5.91 Å². The number of pyridine rings is 1. The molecule has 1 aliphatic heterocycles. The van der Waals surface area contributed by atoms with Crippen molar-refractivity contribution in [3.05, 3.63) is 59.5 Å². The highest BCUT2D eigenvalue weighted by Crippen LogP contribution is 2.29. The summed E-state index contributed by atoms with van der Waals surface area (Å²) in [7, 11) is 2.00. The molecule has 3 heterocycles. The van der Waals surface area contributed by atoms with Crippen LogP contribution in [0.25, 0.3) is 11.2 Å². The highest BCUT2D eigenvalue weighted by molar-refractivity contribution is 5.94. The molecule has 0 spiro atoms. The van der Waals surface area contributed by atoms with Gasteiger partial charge in [0.2, 0.25) is 0 Å². The van der Waals surface area contributed by atoms with Gasteiger partial charge in [0.15, 0.2) is 5.65 Å². The molecular formula is C19H20N4O. The van der Waals surface area contributed by atoms with Gasteiger partial charge in [-0.15, -0.1) is 0 Å². The van der Waals surface area contributed by atoms with Gasteiger partial charge in [0, 0.05) is 37.8 Å². The number of hydrogen-bond donors (Lipinski definition) is 0. The molecule has 1 aliphatic rings. The van der Waals surface area contributed by atoms with Crippen LogP contribution in [0.15, 0.2) is 42.6 Å². The van der Waals surface area contributed by atoms with Crippen LogP contribution in [0.4, 0.5) is 0 Å². The lowest BCUT2D eigenvalue weighted by Crippen LogP contribution is -2.28. The standard InChI is InChI=1S/C19H20N4O/c1-13-5-3-6-14(11-13)19(24)23-10-8-15(12-23)17-21-16-7-4-9-20-18(16)22(17)2/h3-7,9,11,15H,8,10,12H2,1-2H3. The zero-order chi connectivity index (χ0) is 16.7. The number of aryl methyl sites for hydroxylation is 2. The van der Waals surface area contributed by atoms with Crippen LogP contribution >= 0.6 is 0 Å². The normalized spacial score (nSPS) is 17.6. The lowest BCUT2D eigenvalue weighted by atomic mass is 10.1. The number of rotatable bonds is 2. The largest absolute Gasteiger partial charge is 0.338 e. The first-order valence-corrected chi connectivity index (χ1v) is 8.27. The van der Waals surface area contributed by atoms with Crippen molar-refractivity contribution in [2.24, 2.45) is 7.05 Å². The number of nitrogens with zero attached hydrogens (tertiary/aromatic N) is 4. The number of likely N-dealkylation sites (tertiary alicyclic amines) is 1. The van der Waals surface area contributed by atoms with Gasteiger partial charge in [-0.2, -0.15) is 0 Å². The van der Waals surface area contributed by atoms with Gasteiger partial charge in [-0.05, 0) is 37.6 Å². The molecule has 3 aromatic rings. The van der Waals surface area contributed by atoms with Crippen molar-refractivity contribution in [2.75, 3.05) is 13.1 Å². The summed E-state index contributed by atoms with van der Waals surface area (Å²) in [6.07, 6.45) is 2.73. The average molecular weight is 320 g/mol. The Kier molecular flexibility index (Phi) is 3.56. The van der Waals surface area contributed by atoms with Crippen LogP contribution in [0.1, 0.15) is 34.1 Å². The molecule has 1 amide bonds. The SMILES string of the molecule is Cc1cccc(C(=O)N2CCC(c3nc4cccnc4n3C)C2)c1. The van der Waals surface area contributed by atoms with E-state index in [1.165, 1.54) is 0 Å². The van der Waals surface area contributed by atoms with Crippen molar-refractivity contribution >= 4 is 17.1 Å². The molecule has 122 valence electrons. The first-order chi connectivity index (χ1) is 11.6. The summed E-state index contributed by atoms with van der Waals surface area (Å²) in [5.41, 5.74) is 3.69. The molecular weight excluding hydrogens is 300 g/mol. The van der Waals surface area contributed by atoms with E-state index >= 15 is 0 Å². The number of benzene rings is 1. The summed E-state index contributed by atoms with van der Waals surface area (Å²) >= 11 is 0. The minimum atomic E-state index is 0.109. The van der Waals surface area contributed by atoms with Crippen molar-refractivity contribution in [3.63, 3.8) is 0 Å². The van der Waals surface area contributed by atoms with Crippen molar-refractivity contribution < 1.29 is 4.79 Å². The molecule has 2 aromatic heterocycles. The average Bonchev–Trinajstić information content (AvgIpc) is 3.20. The summed E-state index contributed by atoms with van der Waals surface area (Å²) in [5.74, 6) is 1.39. The van der Waals surface area contributed by atoms with Crippen LogP contribution in [0.5, 0.6) is 0 Å². The van der Waals surface area contributed by atoms with E-state index in [2.05, 4.69) is 9.55 Å². The van der Waals surface area contributed by atoms with Gasteiger partial charge in [-0.1, -0.05) is 17.7 Å². The summed E-state index contributed by atoms with van der Waals surface area (Å²) in [6, 6.07) is 11.7. The van der Waals surface area contributed by atoms with Gasteiger partial charge < -0.3 is 9.47 Å². The number of hydrogen-bond acceptors (Lipinski definition) is 3. The fraction of sp³-hybridized carbons (Fsp3) is 0.316. The maximum absolute atomic E-state index is 12.7. The van der Waals surface area contributed by atoms with Crippen LogP contribution in [0.3, 0.4) is 0 Å². The molecule has 4 rings (SSSR count). The second kappa shape index (κ2) is 5.74. The second-order valence-corrected chi connectivity index (χ2v) is 6.48. The molecule has 1 atom stereocenters. The lowest BCUT2D eigenvalue weighted by molar-refractivity contribution is 0.0790. The Hall–Kier alpha value is -2.69. The Balaban J connectivity index is 1.57. The topological polar surface area (TPSA) is 51.0 Å². The molecule has 0 aliphatic carbocycles. The fourth-order valence-electron chi connectivity index (χ4n) is 3.52. The van der Waals surface area contributed by atoms with Crippen LogP contribution in [-0.2, 0) is 7.05 Å². The predicted octanol–water partition coefficient (Wildman–Crippen LogP) is 2.91. The quantitative estimate of drug-likeness (QED) is 0.729. The molecule has 0 bridgehead atoms. The molecule has 24 heavy (non-hydrogen) atoms. The summed E-state index contributed by atoms with van der Waals surface area (Å²) < 4.78 is 2.06. The monoisotopic (exact) mass is 320 g/mol. The van der Waals surface area contributed by atoms with E-state index in [0.717, 1.165) is 41.1 Å². The number of amides is 1.